The van der Waals surface area contributed by atoms with Gasteiger partial charge in [0.1, 0.15) is 5.82 Å². The molecule has 0 bridgehead atoms. The summed E-state index contributed by atoms with van der Waals surface area (Å²) in [7, 11) is -3.50. The standard InChI is InChI=1S/C10H18N4O2S/c1-2-9-12-6-10(14-9)17(15,16)13-5-8(11)7-3-4-7/h6-8,13H,2-5,11H2,1H3,(H,12,14). The van der Waals surface area contributed by atoms with Gasteiger partial charge in [-0.2, -0.15) is 0 Å². The number of imidazole rings is 1. The molecule has 0 amide bonds. The lowest BCUT2D eigenvalue weighted by Crippen LogP contribution is -2.38. The minimum Gasteiger partial charge on any atom is -0.332 e. The van der Waals surface area contributed by atoms with Crippen LogP contribution in [0.4, 0.5) is 0 Å². The van der Waals surface area contributed by atoms with Gasteiger partial charge in [0.15, 0.2) is 5.03 Å². The lowest BCUT2D eigenvalue weighted by atomic mass is 10.2. The summed E-state index contributed by atoms with van der Waals surface area (Å²) in [6.07, 6.45) is 4.22. The molecule has 4 N–H and O–H groups in total. The molecule has 0 saturated heterocycles. The Labute approximate surface area is 101 Å². The van der Waals surface area contributed by atoms with Gasteiger partial charge in [0.25, 0.3) is 10.0 Å². The maximum atomic E-state index is 11.9. The monoisotopic (exact) mass is 258 g/mol. The van der Waals surface area contributed by atoms with E-state index in [1.165, 1.54) is 6.20 Å². The molecule has 0 aliphatic heterocycles. The zero-order valence-electron chi connectivity index (χ0n) is 9.81. The summed E-state index contributed by atoms with van der Waals surface area (Å²) in [5.41, 5.74) is 5.84. The molecule has 0 spiro atoms. The average molecular weight is 258 g/mol. The lowest BCUT2D eigenvalue weighted by molar-refractivity contribution is 0.545. The minimum atomic E-state index is -3.50. The van der Waals surface area contributed by atoms with Crippen LogP contribution >= 0.6 is 0 Å². The van der Waals surface area contributed by atoms with Gasteiger partial charge >= 0.3 is 0 Å². The number of rotatable bonds is 6. The Hall–Kier alpha value is -0.920. The molecule has 1 unspecified atom stereocenters. The zero-order valence-corrected chi connectivity index (χ0v) is 10.6. The normalized spacial score (nSPS) is 18.2. The molecule has 1 aromatic rings. The summed E-state index contributed by atoms with van der Waals surface area (Å²) in [6.45, 7) is 2.19. The molecule has 1 aliphatic rings. The molecule has 1 atom stereocenters. The Bertz CT molecular complexity index is 478. The van der Waals surface area contributed by atoms with Crippen molar-refractivity contribution in [1.82, 2.24) is 14.7 Å². The highest BCUT2D eigenvalue weighted by molar-refractivity contribution is 7.89. The van der Waals surface area contributed by atoms with Gasteiger partial charge in [0.05, 0.1) is 6.20 Å². The predicted octanol–water partition coefficient (Wildman–Crippen LogP) is -0.0123. The fourth-order valence-electron chi connectivity index (χ4n) is 1.63. The first-order valence-electron chi connectivity index (χ1n) is 5.82. The van der Waals surface area contributed by atoms with Crippen molar-refractivity contribution in [3.63, 3.8) is 0 Å². The van der Waals surface area contributed by atoms with Gasteiger partial charge in [-0.05, 0) is 18.8 Å². The number of aryl methyl sites for hydroxylation is 1. The van der Waals surface area contributed by atoms with Crippen molar-refractivity contribution in [2.75, 3.05) is 6.54 Å². The van der Waals surface area contributed by atoms with Crippen molar-refractivity contribution in [3.05, 3.63) is 12.0 Å². The molecule has 0 radical (unpaired) electrons. The quantitative estimate of drug-likeness (QED) is 0.668. The molecule has 17 heavy (non-hydrogen) atoms. The summed E-state index contributed by atoms with van der Waals surface area (Å²) in [5.74, 6) is 1.14. The van der Waals surface area contributed by atoms with Crippen molar-refractivity contribution in [2.24, 2.45) is 11.7 Å². The first-order chi connectivity index (χ1) is 8.03. The van der Waals surface area contributed by atoms with E-state index in [1.807, 2.05) is 6.92 Å². The molecule has 1 aliphatic carbocycles. The summed E-state index contributed by atoms with van der Waals surface area (Å²) in [4.78, 5) is 6.74. The fraction of sp³-hybridized carbons (Fsp3) is 0.700. The van der Waals surface area contributed by atoms with Gasteiger partial charge in [-0.15, -0.1) is 0 Å². The molecule has 6 nitrogen and oxygen atoms in total. The van der Waals surface area contributed by atoms with Crippen LogP contribution in [0.2, 0.25) is 0 Å². The van der Waals surface area contributed by atoms with E-state index < -0.39 is 10.0 Å². The summed E-state index contributed by atoms with van der Waals surface area (Å²) in [6, 6.07) is -0.0849. The van der Waals surface area contributed by atoms with Crippen molar-refractivity contribution in [3.8, 4) is 0 Å². The molecule has 2 rings (SSSR count). The number of nitrogens with two attached hydrogens (primary N) is 1. The van der Waals surface area contributed by atoms with Crippen molar-refractivity contribution in [1.29, 1.82) is 0 Å². The van der Waals surface area contributed by atoms with E-state index in [-0.39, 0.29) is 17.6 Å². The smallest absolute Gasteiger partial charge is 0.257 e. The Balaban J connectivity index is 1.97. The second-order valence-electron chi connectivity index (χ2n) is 4.40. The SMILES string of the molecule is CCc1ncc(S(=O)(=O)NCC(N)C2CC2)[nH]1. The first kappa shape index (κ1) is 12.5. The molecule has 96 valence electrons. The van der Waals surface area contributed by atoms with Gasteiger partial charge < -0.3 is 10.7 Å². The van der Waals surface area contributed by atoms with Gasteiger partial charge in [0, 0.05) is 19.0 Å². The molecular formula is C10H18N4O2S. The summed E-state index contributed by atoms with van der Waals surface area (Å²) >= 11 is 0. The van der Waals surface area contributed by atoms with E-state index in [1.54, 1.807) is 0 Å². The molecule has 1 saturated carbocycles. The predicted molar refractivity (Wildman–Crippen MR) is 63.9 cm³/mol. The van der Waals surface area contributed by atoms with Crippen LogP contribution in [0.15, 0.2) is 11.2 Å². The van der Waals surface area contributed by atoms with Gasteiger partial charge in [0.2, 0.25) is 0 Å². The molecule has 1 heterocycles. The molecule has 1 aromatic heterocycles. The Morgan fingerprint density at radius 2 is 2.35 bits per heavy atom. The Morgan fingerprint density at radius 1 is 1.65 bits per heavy atom. The summed E-state index contributed by atoms with van der Waals surface area (Å²) in [5, 5.41) is 0.109. The Kier molecular flexibility index (Phi) is 3.50. The van der Waals surface area contributed by atoms with E-state index >= 15 is 0 Å². The number of aromatic amines is 1. The number of hydrogen-bond donors (Lipinski definition) is 3. The van der Waals surface area contributed by atoms with E-state index in [0.29, 0.717) is 18.2 Å². The highest BCUT2D eigenvalue weighted by Gasteiger charge is 2.29. The van der Waals surface area contributed by atoms with Crippen molar-refractivity contribution in [2.45, 2.75) is 37.3 Å². The van der Waals surface area contributed by atoms with Crippen molar-refractivity contribution >= 4 is 10.0 Å². The fourth-order valence-corrected chi connectivity index (χ4v) is 2.65. The molecular weight excluding hydrogens is 240 g/mol. The van der Waals surface area contributed by atoms with Gasteiger partial charge in [-0.1, -0.05) is 6.92 Å². The van der Waals surface area contributed by atoms with Gasteiger partial charge in [-0.25, -0.2) is 18.1 Å². The number of aromatic nitrogens is 2. The second kappa shape index (κ2) is 4.75. The molecule has 1 fully saturated rings. The minimum absolute atomic E-state index is 0.0849. The van der Waals surface area contributed by atoms with Crippen LogP contribution in [0.3, 0.4) is 0 Å². The zero-order chi connectivity index (χ0) is 12.5. The highest BCUT2D eigenvalue weighted by atomic mass is 32.2. The number of sulfonamides is 1. The third-order valence-electron chi connectivity index (χ3n) is 2.97. The van der Waals surface area contributed by atoms with Crippen LogP contribution in [-0.2, 0) is 16.4 Å². The molecule has 0 aromatic carbocycles. The second-order valence-corrected chi connectivity index (χ2v) is 6.14. The maximum Gasteiger partial charge on any atom is 0.257 e. The Morgan fingerprint density at radius 3 is 2.88 bits per heavy atom. The number of nitrogens with one attached hydrogen (secondary N) is 2. The van der Waals surface area contributed by atoms with Gasteiger partial charge in [-0.3, -0.25) is 0 Å². The van der Waals surface area contributed by atoms with E-state index in [4.69, 9.17) is 5.73 Å². The third-order valence-corrected chi connectivity index (χ3v) is 4.30. The molecule has 7 heteroatoms. The first-order valence-corrected chi connectivity index (χ1v) is 7.30. The van der Waals surface area contributed by atoms with Crippen LogP contribution in [0.1, 0.15) is 25.6 Å². The number of hydrogen-bond acceptors (Lipinski definition) is 4. The largest absolute Gasteiger partial charge is 0.332 e. The van der Waals surface area contributed by atoms with Crippen molar-refractivity contribution < 1.29 is 8.42 Å². The number of H-pyrrole nitrogens is 1. The van der Waals surface area contributed by atoms with Crippen LogP contribution in [-0.4, -0.2) is 31.0 Å². The lowest BCUT2D eigenvalue weighted by Gasteiger charge is -2.10. The van der Waals surface area contributed by atoms with E-state index in [2.05, 4.69) is 14.7 Å². The maximum absolute atomic E-state index is 11.9. The number of nitrogens with zero attached hydrogens (tertiary/aromatic N) is 1. The van der Waals surface area contributed by atoms with Crippen LogP contribution in [0.25, 0.3) is 0 Å². The van der Waals surface area contributed by atoms with Crippen LogP contribution in [0.5, 0.6) is 0 Å². The average Bonchev–Trinajstić information content (AvgIpc) is 3.03. The van der Waals surface area contributed by atoms with Crippen LogP contribution in [0, 0.1) is 5.92 Å². The summed E-state index contributed by atoms with van der Waals surface area (Å²) < 4.78 is 26.3. The van der Waals surface area contributed by atoms with E-state index in [9.17, 15) is 8.42 Å². The third kappa shape index (κ3) is 3.05. The highest BCUT2D eigenvalue weighted by Crippen LogP contribution is 2.31. The van der Waals surface area contributed by atoms with Crippen LogP contribution < -0.4 is 10.5 Å². The van der Waals surface area contributed by atoms with E-state index in [0.717, 1.165) is 12.8 Å². The topological polar surface area (TPSA) is 101 Å².